The Labute approximate surface area is 104 Å². The molecule has 0 saturated heterocycles. The summed E-state index contributed by atoms with van der Waals surface area (Å²) in [6, 6.07) is 0. The summed E-state index contributed by atoms with van der Waals surface area (Å²) in [7, 11) is 3.15. The maximum Gasteiger partial charge on any atom is 0.406 e. The molecular formula is C13H25NO3. The Bertz CT molecular complexity index is 278. The Morgan fingerprint density at radius 1 is 1.29 bits per heavy atom. The third-order valence-electron chi connectivity index (χ3n) is 3.58. The molecule has 1 N–H and O–H groups in total. The molecule has 1 aliphatic carbocycles. The van der Waals surface area contributed by atoms with Crippen LogP contribution in [0, 0.1) is 10.8 Å². The van der Waals surface area contributed by atoms with Gasteiger partial charge in [0.1, 0.15) is 0 Å². The summed E-state index contributed by atoms with van der Waals surface area (Å²) in [6.07, 6.45) is 3.07. The van der Waals surface area contributed by atoms with Crippen LogP contribution in [0.15, 0.2) is 0 Å². The first-order valence-electron chi connectivity index (χ1n) is 6.15. The number of carbonyl (C=O) groups excluding carboxylic acids is 1. The number of methoxy groups -OCH3 is 2. The molecule has 2 unspecified atom stereocenters. The van der Waals surface area contributed by atoms with E-state index < -0.39 is 0 Å². The lowest BCUT2D eigenvalue weighted by Crippen LogP contribution is -2.45. The number of hydrogen-bond acceptors (Lipinski definition) is 3. The van der Waals surface area contributed by atoms with E-state index in [4.69, 9.17) is 4.74 Å². The fourth-order valence-corrected chi connectivity index (χ4v) is 3.20. The fourth-order valence-electron chi connectivity index (χ4n) is 3.20. The lowest BCUT2D eigenvalue weighted by Gasteiger charge is -2.46. The van der Waals surface area contributed by atoms with Gasteiger partial charge in [-0.3, -0.25) is 0 Å². The van der Waals surface area contributed by atoms with Crippen LogP contribution in [0.4, 0.5) is 4.79 Å². The molecular weight excluding hydrogens is 218 g/mol. The van der Waals surface area contributed by atoms with Crippen LogP contribution in [-0.4, -0.2) is 33.0 Å². The van der Waals surface area contributed by atoms with Crippen molar-refractivity contribution in [1.82, 2.24) is 5.32 Å². The van der Waals surface area contributed by atoms with Gasteiger partial charge in [-0.15, -0.1) is 0 Å². The molecule has 0 aromatic heterocycles. The standard InChI is InChI=1S/C13H25NO3/c1-12(2)6-10(16-4)7-13(3,8-12)9-14-11(15)17-5/h10H,6-9H2,1-5H3,(H,14,15). The van der Waals surface area contributed by atoms with Crippen LogP contribution in [-0.2, 0) is 9.47 Å². The van der Waals surface area contributed by atoms with Gasteiger partial charge in [0, 0.05) is 13.7 Å². The molecule has 100 valence electrons. The highest BCUT2D eigenvalue weighted by Gasteiger charge is 2.41. The van der Waals surface area contributed by atoms with Crippen LogP contribution in [0.25, 0.3) is 0 Å². The van der Waals surface area contributed by atoms with Crippen molar-refractivity contribution >= 4 is 6.09 Å². The van der Waals surface area contributed by atoms with Gasteiger partial charge in [0.2, 0.25) is 0 Å². The van der Waals surface area contributed by atoms with Crippen molar-refractivity contribution in [1.29, 1.82) is 0 Å². The average molecular weight is 243 g/mol. The predicted molar refractivity (Wildman–Crippen MR) is 66.9 cm³/mol. The first-order valence-corrected chi connectivity index (χ1v) is 6.15. The molecule has 0 aliphatic heterocycles. The van der Waals surface area contributed by atoms with Crippen LogP contribution in [0.2, 0.25) is 0 Å². The summed E-state index contributed by atoms with van der Waals surface area (Å²) in [5, 5.41) is 2.81. The van der Waals surface area contributed by atoms with Crippen LogP contribution in [0.5, 0.6) is 0 Å². The molecule has 4 heteroatoms. The smallest absolute Gasteiger partial charge is 0.406 e. The SMILES string of the molecule is COC(=O)NCC1(C)CC(OC)CC(C)(C)C1. The molecule has 4 nitrogen and oxygen atoms in total. The van der Waals surface area contributed by atoms with E-state index in [1.54, 1.807) is 7.11 Å². The van der Waals surface area contributed by atoms with E-state index in [1.165, 1.54) is 7.11 Å². The zero-order valence-corrected chi connectivity index (χ0v) is 11.6. The molecule has 1 rings (SSSR count). The normalized spacial score (nSPS) is 31.9. The third kappa shape index (κ3) is 4.19. The second-order valence-electron chi connectivity index (χ2n) is 6.26. The number of ether oxygens (including phenoxy) is 2. The van der Waals surface area contributed by atoms with E-state index in [0.717, 1.165) is 19.3 Å². The molecule has 0 radical (unpaired) electrons. The van der Waals surface area contributed by atoms with Gasteiger partial charge in [-0.2, -0.15) is 0 Å². The van der Waals surface area contributed by atoms with Crippen LogP contribution in [0.3, 0.4) is 0 Å². The molecule has 2 atom stereocenters. The summed E-state index contributed by atoms with van der Waals surface area (Å²) >= 11 is 0. The highest BCUT2D eigenvalue weighted by atomic mass is 16.5. The summed E-state index contributed by atoms with van der Waals surface area (Å²) in [5.74, 6) is 0. The van der Waals surface area contributed by atoms with Gasteiger partial charge in [0.25, 0.3) is 0 Å². The zero-order valence-electron chi connectivity index (χ0n) is 11.6. The van der Waals surface area contributed by atoms with Crippen molar-refractivity contribution in [2.24, 2.45) is 10.8 Å². The molecule has 1 saturated carbocycles. The van der Waals surface area contributed by atoms with Gasteiger partial charge in [0.05, 0.1) is 13.2 Å². The van der Waals surface area contributed by atoms with Gasteiger partial charge >= 0.3 is 6.09 Å². The van der Waals surface area contributed by atoms with Crippen molar-refractivity contribution in [2.45, 2.75) is 46.1 Å². The number of alkyl carbamates (subject to hydrolysis) is 1. The number of nitrogens with one attached hydrogen (secondary N) is 1. The molecule has 0 aromatic rings. The monoisotopic (exact) mass is 243 g/mol. The van der Waals surface area contributed by atoms with E-state index in [1.807, 2.05) is 0 Å². The van der Waals surface area contributed by atoms with Crippen molar-refractivity contribution in [3.8, 4) is 0 Å². The highest BCUT2D eigenvalue weighted by Crippen LogP contribution is 2.46. The maximum absolute atomic E-state index is 11.1. The maximum atomic E-state index is 11.1. The second kappa shape index (κ2) is 5.25. The highest BCUT2D eigenvalue weighted by molar-refractivity contribution is 5.66. The fraction of sp³-hybridized carbons (Fsp3) is 0.923. The van der Waals surface area contributed by atoms with Crippen LogP contribution < -0.4 is 5.32 Å². The number of hydrogen-bond donors (Lipinski definition) is 1. The Balaban J connectivity index is 2.63. The van der Waals surface area contributed by atoms with E-state index in [-0.39, 0.29) is 23.0 Å². The van der Waals surface area contributed by atoms with Crippen molar-refractivity contribution in [3.05, 3.63) is 0 Å². The Hall–Kier alpha value is -0.770. The van der Waals surface area contributed by atoms with E-state index in [0.29, 0.717) is 6.54 Å². The number of rotatable bonds is 3. The molecule has 0 spiro atoms. The minimum atomic E-state index is -0.358. The topological polar surface area (TPSA) is 47.6 Å². The summed E-state index contributed by atoms with van der Waals surface area (Å²) < 4.78 is 10.1. The molecule has 1 fully saturated rings. The number of carbonyl (C=O) groups is 1. The minimum Gasteiger partial charge on any atom is -0.453 e. The second-order valence-corrected chi connectivity index (χ2v) is 6.26. The molecule has 1 aliphatic rings. The summed E-state index contributed by atoms with van der Waals surface area (Å²) in [6.45, 7) is 7.36. The van der Waals surface area contributed by atoms with Gasteiger partial charge in [0.15, 0.2) is 0 Å². The first-order chi connectivity index (χ1) is 7.80. The molecule has 17 heavy (non-hydrogen) atoms. The van der Waals surface area contributed by atoms with Crippen molar-refractivity contribution < 1.29 is 14.3 Å². The van der Waals surface area contributed by atoms with Gasteiger partial charge in [-0.1, -0.05) is 20.8 Å². The van der Waals surface area contributed by atoms with Gasteiger partial charge in [-0.25, -0.2) is 4.79 Å². The molecule has 0 aromatic carbocycles. The zero-order chi connectivity index (χ0) is 13.1. The predicted octanol–water partition coefficient (Wildman–Crippen LogP) is 2.57. The molecule has 0 bridgehead atoms. The number of amides is 1. The van der Waals surface area contributed by atoms with Gasteiger partial charge < -0.3 is 14.8 Å². The quantitative estimate of drug-likeness (QED) is 0.828. The summed E-state index contributed by atoms with van der Waals surface area (Å²) in [4.78, 5) is 11.1. The first kappa shape index (κ1) is 14.3. The Morgan fingerprint density at radius 3 is 2.47 bits per heavy atom. The molecule has 0 heterocycles. The largest absolute Gasteiger partial charge is 0.453 e. The minimum absolute atomic E-state index is 0.0800. The summed E-state index contributed by atoms with van der Waals surface area (Å²) in [5.41, 5.74) is 0.335. The van der Waals surface area contributed by atoms with Crippen molar-refractivity contribution in [3.63, 3.8) is 0 Å². The van der Waals surface area contributed by atoms with Crippen LogP contribution in [0.1, 0.15) is 40.0 Å². The Kier molecular flexibility index (Phi) is 4.42. The van der Waals surface area contributed by atoms with E-state index >= 15 is 0 Å². The van der Waals surface area contributed by atoms with E-state index in [2.05, 4.69) is 30.8 Å². The van der Waals surface area contributed by atoms with E-state index in [9.17, 15) is 4.79 Å². The van der Waals surface area contributed by atoms with Crippen LogP contribution >= 0.6 is 0 Å². The lowest BCUT2D eigenvalue weighted by molar-refractivity contribution is -0.0328. The van der Waals surface area contributed by atoms with Crippen molar-refractivity contribution in [2.75, 3.05) is 20.8 Å². The third-order valence-corrected chi connectivity index (χ3v) is 3.58. The Morgan fingerprint density at radius 2 is 1.94 bits per heavy atom. The molecule has 1 amide bonds. The van der Waals surface area contributed by atoms with Gasteiger partial charge in [-0.05, 0) is 30.1 Å². The lowest BCUT2D eigenvalue weighted by atomic mass is 9.63. The average Bonchev–Trinajstić information content (AvgIpc) is 2.23.